The molecule has 0 spiro atoms. The summed E-state index contributed by atoms with van der Waals surface area (Å²) in [4.78, 5) is 2.29. The van der Waals surface area contributed by atoms with Crippen molar-refractivity contribution in [2.75, 3.05) is 13.6 Å². The summed E-state index contributed by atoms with van der Waals surface area (Å²) < 4.78 is 14.0. The van der Waals surface area contributed by atoms with E-state index in [4.69, 9.17) is 5.73 Å². The van der Waals surface area contributed by atoms with Crippen LogP contribution in [0.2, 0.25) is 0 Å². The Balaban J connectivity index is 2.28. The predicted octanol–water partition coefficient (Wildman–Crippen LogP) is 3.34. The Labute approximate surface area is 115 Å². The molecule has 1 aliphatic carbocycles. The number of likely N-dealkylation sites (N-methyl/N-ethyl adjacent to an activating group) is 1. The first kappa shape index (κ1) is 14.5. The van der Waals surface area contributed by atoms with E-state index < -0.39 is 0 Å². The molecular formula is C16H25FN2. The van der Waals surface area contributed by atoms with Gasteiger partial charge in [-0.05, 0) is 38.8 Å². The van der Waals surface area contributed by atoms with E-state index in [-0.39, 0.29) is 17.4 Å². The van der Waals surface area contributed by atoms with E-state index >= 15 is 0 Å². The van der Waals surface area contributed by atoms with Gasteiger partial charge in [-0.2, -0.15) is 0 Å². The second-order valence-corrected chi connectivity index (χ2v) is 5.91. The number of benzene rings is 1. The molecule has 1 aliphatic rings. The van der Waals surface area contributed by atoms with Gasteiger partial charge < -0.3 is 5.73 Å². The maximum absolute atomic E-state index is 14.0. The molecule has 0 radical (unpaired) electrons. The summed E-state index contributed by atoms with van der Waals surface area (Å²) in [5.74, 6) is 0.441. The highest BCUT2D eigenvalue weighted by Crippen LogP contribution is 2.42. The summed E-state index contributed by atoms with van der Waals surface area (Å²) in [5, 5.41) is 0. The molecular weight excluding hydrogens is 239 g/mol. The van der Waals surface area contributed by atoms with Gasteiger partial charge in [-0.3, -0.25) is 4.90 Å². The van der Waals surface area contributed by atoms with Gasteiger partial charge in [0.15, 0.2) is 0 Å². The van der Waals surface area contributed by atoms with Crippen LogP contribution in [0.4, 0.5) is 4.39 Å². The molecule has 1 aromatic rings. The molecule has 1 aromatic carbocycles. The van der Waals surface area contributed by atoms with Crippen LogP contribution in [-0.4, -0.2) is 24.0 Å². The molecule has 3 atom stereocenters. The summed E-state index contributed by atoms with van der Waals surface area (Å²) >= 11 is 0. The molecule has 1 saturated carbocycles. The van der Waals surface area contributed by atoms with Crippen LogP contribution in [-0.2, 0) is 0 Å². The van der Waals surface area contributed by atoms with E-state index in [1.54, 1.807) is 6.07 Å². The molecule has 1 fully saturated rings. The molecule has 0 amide bonds. The van der Waals surface area contributed by atoms with Gasteiger partial charge in [-0.15, -0.1) is 0 Å². The average molecular weight is 264 g/mol. The lowest BCUT2D eigenvalue weighted by atomic mass is 9.85. The molecule has 0 bridgehead atoms. The quantitative estimate of drug-likeness (QED) is 0.903. The summed E-state index contributed by atoms with van der Waals surface area (Å²) in [7, 11) is 2.09. The Morgan fingerprint density at radius 3 is 2.68 bits per heavy atom. The summed E-state index contributed by atoms with van der Waals surface area (Å²) in [6, 6.07) is 7.09. The number of hydrogen-bond acceptors (Lipinski definition) is 2. The van der Waals surface area contributed by atoms with E-state index in [1.807, 2.05) is 12.1 Å². The van der Waals surface area contributed by atoms with Crippen molar-refractivity contribution in [2.45, 2.75) is 44.7 Å². The van der Waals surface area contributed by atoms with Gasteiger partial charge in [-0.25, -0.2) is 4.39 Å². The van der Waals surface area contributed by atoms with Gasteiger partial charge in [-0.1, -0.05) is 31.5 Å². The maximum atomic E-state index is 14.0. The Kier molecular flexibility index (Phi) is 4.26. The topological polar surface area (TPSA) is 29.3 Å². The average Bonchev–Trinajstić information content (AvgIpc) is 2.80. The molecule has 0 aliphatic heterocycles. The number of rotatable bonds is 4. The van der Waals surface area contributed by atoms with Crippen molar-refractivity contribution in [1.82, 2.24) is 4.90 Å². The number of nitrogens with two attached hydrogens (primary N) is 1. The maximum Gasteiger partial charge on any atom is 0.127 e. The van der Waals surface area contributed by atoms with Crippen LogP contribution in [0.3, 0.4) is 0 Å². The minimum atomic E-state index is -0.125. The fraction of sp³-hybridized carbons (Fsp3) is 0.625. The lowest BCUT2D eigenvalue weighted by molar-refractivity contribution is 0.0540. The van der Waals surface area contributed by atoms with Crippen molar-refractivity contribution in [1.29, 1.82) is 0 Å². The third kappa shape index (κ3) is 2.41. The highest BCUT2D eigenvalue weighted by atomic mass is 19.1. The van der Waals surface area contributed by atoms with Crippen LogP contribution in [0.5, 0.6) is 0 Å². The first-order valence-electron chi connectivity index (χ1n) is 7.20. The SMILES string of the molecule is CC(c1ccccc1F)N(C)C1(CN)CCCC1C. The molecule has 0 saturated heterocycles. The summed E-state index contributed by atoms with van der Waals surface area (Å²) in [5.41, 5.74) is 6.86. The lowest BCUT2D eigenvalue weighted by Gasteiger charge is -2.45. The van der Waals surface area contributed by atoms with Crippen molar-refractivity contribution >= 4 is 0 Å². The fourth-order valence-electron chi connectivity index (χ4n) is 3.61. The Morgan fingerprint density at radius 1 is 1.47 bits per heavy atom. The molecule has 2 N–H and O–H groups in total. The first-order valence-corrected chi connectivity index (χ1v) is 7.20. The zero-order valence-corrected chi connectivity index (χ0v) is 12.2. The van der Waals surface area contributed by atoms with Crippen LogP contribution in [0.15, 0.2) is 24.3 Å². The van der Waals surface area contributed by atoms with Gasteiger partial charge in [0.2, 0.25) is 0 Å². The molecule has 0 aromatic heterocycles. The Hall–Kier alpha value is -0.930. The van der Waals surface area contributed by atoms with Gasteiger partial charge in [0.1, 0.15) is 5.82 Å². The molecule has 0 heterocycles. The number of hydrogen-bond donors (Lipinski definition) is 1. The van der Waals surface area contributed by atoms with E-state index in [0.29, 0.717) is 12.5 Å². The monoisotopic (exact) mass is 264 g/mol. The molecule has 2 rings (SSSR count). The van der Waals surface area contributed by atoms with Gasteiger partial charge in [0.25, 0.3) is 0 Å². The van der Waals surface area contributed by atoms with Crippen LogP contribution >= 0.6 is 0 Å². The largest absolute Gasteiger partial charge is 0.329 e. The van der Waals surface area contributed by atoms with E-state index in [0.717, 1.165) is 12.0 Å². The molecule has 2 nitrogen and oxygen atoms in total. The van der Waals surface area contributed by atoms with Crippen molar-refractivity contribution in [3.05, 3.63) is 35.6 Å². The molecule has 3 heteroatoms. The van der Waals surface area contributed by atoms with Crippen molar-refractivity contribution < 1.29 is 4.39 Å². The smallest absolute Gasteiger partial charge is 0.127 e. The highest BCUT2D eigenvalue weighted by Gasteiger charge is 2.44. The van der Waals surface area contributed by atoms with Crippen molar-refractivity contribution in [3.63, 3.8) is 0 Å². The Morgan fingerprint density at radius 2 is 2.16 bits per heavy atom. The molecule has 19 heavy (non-hydrogen) atoms. The first-order chi connectivity index (χ1) is 9.03. The predicted molar refractivity (Wildman–Crippen MR) is 77.4 cm³/mol. The standard InChI is InChI=1S/C16H25FN2/c1-12-7-6-10-16(12,11-18)19(3)13(2)14-8-4-5-9-15(14)17/h4-5,8-9,12-13H,6-7,10-11,18H2,1-3H3. The third-order valence-corrected chi connectivity index (χ3v) is 5.16. The van der Waals surface area contributed by atoms with E-state index in [1.165, 1.54) is 18.9 Å². The lowest BCUT2D eigenvalue weighted by Crippen LogP contribution is -2.54. The minimum absolute atomic E-state index is 0.0156. The van der Waals surface area contributed by atoms with Gasteiger partial charge in [0.05, 0.1) is 0 Å². The van der Waals surface area contributed by atoms with Crippen LogP contribution < -0.4 is 5.73 Å². The third-order valence-electron chi connectivity index (χ3n) is 5.16. The minimum Gasteiger partial charge on any atom is -0.329 e. The highest BCUT2D eigenvalue weighted by molar-refractivity contribution is 5.21. The Bertz CT molecular complexity index is 435. The van der Waals surface area contributed by atoms with Crippen LogP contribution in [0.25, 0.3) is 0 Å². The second kappa shape index (κ2) is 5.59. The van der Waals surface area contributed by atoms with Crippen LogP contribution in [0.1, 0.15) is 44.7 Å². The van der Waals surface area contributed by atoms with E-state index in [9.17, 15) is 4.39 Å². The van der Waals surface area contributed by atoms with Crippen molar-refractivity contribution in [2.24, 2.45) is 11.7 Å². The number of halogens is 1. The fourth-order valence-corrected chi connectivity index (χ4v) is 3.61. The van der Waals surface area contributed by atoms with E-state index in [2.05, 4.69) is 25.8 Å². The van der Waals surface area contributed by atoms with Crippen molar-refractivity contribution in [3.8, 4) is 0 Å². The molecule has 3 unspecified atom stereocenters. The summed E-state index contributed by atoms with van der Waals surface area (Å²) in [6.07, 6.45) is 3.54. The zero-order chi connectivity index (χ0) is 14.0. The van der Waals surface area contributed by atoms with Gasteiger partial charge >= 0.3 is 0 Å². The second-order valence-electron chi connectivity index (χ2n) is 5.91. The summed E-state index contributed by atoms with van der Waals surface area (Å²) in [6.45, 7) is 4.98. The molecule has 106 valence electrons. The van der Waals surface area contributed by atoms with Gasteiger partial charge in [0, 0.05) is 23.7 Å². The normalized spacial score (nSPS) is 28.8. The zero-order valence-electron chi connectivity index (χ0n) is 12.2. The number of nitrogens with zero attached hydrogens (tertiary/aromatic N) is 1. The van der Waals surface area contributed by atoms with Crippen LogP contribution in [0, 0.1) is 11.7 Å².